The second kappa shape index (κ2) is 8.27. The summed E-state index contributed by atoms with van der Waals surface area (Å²) in [5.41, 5.74) is 1.29. The van der Waals surface area contributed by atoms with E-state index >= 15 is 0 Å². The maximum absolute atomic E-state index is 13.9. The molecule has 4 nitrogen and oxygen atoms in total. The molecule has 1 atom stereocenters. The van der Waals surface area contributed by atoms with Crippen LogP contribution in [0.25, 0.3) is 0 Å². The number of hydrogen-bond donors (Lipinski definition) is 2. The molecule has 0 bridgehead atoms. The monoisotopic (exact) mass is 363 g/mol. The molecule has 0 spiro atoms. The lowest BCUT2D eigenvalue weighted by Gasteiger charge is -2.26. The number of rotatable bonds is 6. The van der Waals surface area contributed by atoms with Crippen molar-refractivity contribution >= 4 is 11.9 Å². The Kier molecular flexibility index (Phi) is 5.61. The number of benzene rings is 3. The summed E-state index contributed by atoms with van der Waals surface area (Å²) in [5, 5.41) is 12.3. The lowest BCUT2D eigenvalue weighted by molar-refractivity contribution is -0.139. The van der Waals surface area contributed by atoms with Crippen molar-refractivity contribution in [1.82, 2.24) is 5.32 Å². The van der Waals surface area contributed by atoms with Gasteiger partial charge in [0, 0.05) is 5.92 Å². The molecule has 3 aromatic carbocycles. The second-order valence-corrected chi connectivity index (χ2v) is 6.07. The molecular weight excluding hydrogens is 345 g/mol. The molecule has 3 aromatic rings. The molecule has 0 radical (unpaired) electrons. The van der Waals surface area contributed by atoms with Crippen LogP contribution in [0.5, 0.6) is 0 Å². The molecule has 27 heavy (non-hydrogen) atoms. The average molecular weight is 363 g/mol. The highest BCUT2D eigenvalue weighted by atomic mass is 19.1. The number of halogens is 1. The predicted molar refractivity (Wildman–Crippen MR) is 100 cm³/mol. The summed E-state index contributed by atoms with van der Waals surface area (Å²) in [5.74, 6) is -3.29. The van der Waals surface area contributed by atoms with Crippen molar-refractivity contribution in [3.63, 3.8) is 0 Å². The first-order chi connectivity index (χ1) is 13.1. The maximum Gasteiger partial charge on any atom is 0.327 e. The summed E-state index contributed by atoms with van der Waals surface area (Å²) in [6, 6.07) is 22.4. The van der Waals surface area contributed by atoms with E-state index in [4.69, 9.17) is 0 Å². The van der Waals surface area contributed by atoms with E-state index < -0.39 is 29.7 Å². The largest absolute Gasteiger partial charge is 0.480 e. The van der Waals surface area contributed by atoms with Crippen molar-refractivity contribution in [2.24, 2.45) is 0 Å². The smallest absolute Gasteiger partial charge is 0.327 e. The van der Waals surface area contributed by atoms with Gasteiger partial charge in [0.05, 0.1) is 5.56 Å². The van der Waals surface area contributed by atoms with Gasteiger partial charge in [-0.25, -0.2) is 9.18 Å². The molecule has 3 rings (SSSR count). The number of carboxylic acid groups (broad SMARTS) is 1. The SMILES string of the molecule is O=C(N[C@@H](C(=O)O)C(c1ccccc1)c1ccccc1)c1ccccc1F. The van der Waals surface area contributed by atoms with E-state index in [9.17, 15) is 19.1 Å². The summed E-state index contributed by atoms with van der Waals surface area (Å²) in [4.78, 5) is 24.6. The Hall–Kier alpha value is -3.47. The number of carbonyl (C=O) groups is 2. The first-order valence-corrected chi connectivity index (χ1v) is 8.46. The van der Waals surface area contributed by atoms with Crippen LogP contribution in [0, 0.1) is 5.82 Å². The fraction of sp³-hybridized carbons (Fsp3) is 0.0909. The number of hydrogen-bond acceptors (Lipinski definition) is 2. The maximum atomic E-state index is 13.9. The van der Waals surface area contributed by atoms with Gasteiger partial charge in [-0.15, -0.1) is 0 Å². The molecule has 2 N–H and O–H groups in total. The molecule has 0 fully saturated rings. The van der Waals surface area contributed by atoms with Crippen molar-refractivity contribution in [3.8, 4) is 0 Å². The van der Waals surface area contributed by atoms with Crippen LogP contribution in [-0.2, 0) is 4.79 Å². The molecule has 0 aromatic heterocycles. The van der Waals surface area contributed by atoms with Gasteiger partial charge in [0.15, 0.2) is 0 Å². The van der Waals surface area contributed by atoms with Crippen LogP contribution in [0.15, 0.2) is 84.9 Å². The lowest BCUT2D eigenvalue weighted by Crippen LogP contribution is -2.45. The minimum atomic E-state index is -1.26. The van der Waals surface area contributed by atoms with E-state index in [0.29, 0.717) is 0 Å². The summed E-state index contributed by atoms with van der Waals surface area (Å²) in [6.07, 6.45) is 0. The highest BCUT2D eigenvalue weighted by molar-refractivity contribution is 5.97. The first-order valence-electron chi connectivity index (χ1n) is 8.46. The second-order valence-electron chi connectivity index (χ2n) is 6.07. The molecule has 0 aliphatic heterocycles. The van der Waals surface area contributed by atoms with Crippen molar-refractivity contribution in [1.29, 1.82) is 0 Å². The third-order valence-electron chi connectivity index (χ3n) is 4.32. The van der Waals surface area contributed by atoms with Gasteiger partial charge in [-0.3, -0.25) is 4.79 Å². The Balaban J connectivity index is 2.00. The lowest BCUT2D eigenvalue weighted by atomic mass is 9.85. The van der Waals surface area contributed by atoms with Gasteiger partial charge in [-0.2, -0.15) is 0 Å². The number of carbonyl (C=O) groups excluding carboxylic acids is 1. The van der Waals surface area contributed by atoms with Crippen LogP contribution in [0.1, 0.15) is 27.4 Å². The molecule has 136 valence electrons. The molecule has 0 saturated heterocycles. The molecule has 0 aliphatic carbocycles. The van der Waals surface area contributed by atoms with Crippen LogP contribution < -0.4 is 5.32 Å². The Labute approximate surface area is 156 Å². The molecule has 0 aliphatic rings. The average Bonchev–Trinajstić information content (AvgIpc) is 2.69. The minimum Gasteiger partial charge on any atom is -0.480 e. The highest BCUT2D eigenvalue weighted by Crippen LogP contribution is 2.28. The van der Waals surface area contributed by atoms with Gasteiger partial charge in [-0.05, 0) is 23.3 Å². The van der Waals surface area contributed by atoms with E-state index in [1.165, 1.54) is 18.2 Å². The van der Waals surface area contributed by atoms with E-state index in [2.05, 4.69) is 5.32 Å². The van der Waals surface area contributed by atoms with Gasteiger partial charge in [0.1, 0.15) is 11.9 Å². The summed E-state index contributed by atoms with van der Waals surface area (Å²) >= 11 is 0. The molecule has 1 amide bonds. The van der Waals surface area contributed by atoms with E-state index in [1.807, 2.05) is 60.7 Å². The van der Waals surface area contributed by atoms with Crippen LogP contribution in [0.2, 0.25) is 0 Å². The van der Waals surface area contributed by atoms with Crippen LogP contribution in [0.3, 0.4) is 0 Å². The fourth-order valence-electron chi connectivity index (χ4n) is 3.05. The molecule has 0 heterocycles. The van der Waals surface area contributed by atoms with E-state index in [-0.39, 0.29) is 5.56 Å². The summed E-state index contributed by atoms with van der Waals surface area (Å²) in [7, 11) is 0. The van der Waals surface area contributed by atoms with Crippen molar-refractivity contribution < 1.29 is 19.1 Å². The zero-order valence-electron chi connectivity index (χ0n) is 14.4. The van der Waals surface area contributed by atoms with Gasteiger partial charge in [0.25, 0.3) is 5.91 Å². The fourth-order valence-corrected chi connectivity index (χ4v) is 3.05. The van der Waals surface area contributed by atoms with Crippen LogP contribution in [0.4, 0.5) is 4.39 Å². The number of carboxylic acids is 1. The Morgan fingerprint density at radius 1 is 0.778 bits per heavy atom. The van der Waals surface area contributed by atoms with Crippen LogP contribution in [-0.4, -0.2) is 23.0 Å². The zero-order valence-corrected chi connectivity index (χ0v) is 14.4. The van der Waals surface area contributed by atoms with Gasteiger partial charge in [0.2, 0.25) is 0 Å². The molecule has 5 heteroatoms. The van der Waals surface area contributed by atoms with Crippen LogP contribution >= 0.6 is 0 Å². The molecule has 0 saturated carbocycles. The Morgan fingerprint density at radius 3 is 1.74 bits per heavy atom. The van der Waals surface area contributed by atoms with Crippen molar-refractivity contribution in [2.45, 2.75) is 12.0 Å². The van der Waals surface area contributed by atoms with Crippen molar-refractivity contribution in [3.05, 3.63) is 107 Å². The molecular formula is C22H18FNO3. The summed E-state index contributed by atoms with van der Waals surface area (Å²) in [6.45, 7) is 0. The standard InChI is InChI=1S/C22H18FNO3/c23-18-14-8-7-13-17(18)21(25)24-20(22(26)27)19(15-9-3-1-4-10-15)16-11-5-2-6-12-16/h1-14,19-20H,(H,24,25)(H,26,27)/t20-/m1/s1. The minimum absolute atomic E-state index is 0.191. The van der Waals surface area contributed by atoms with Gasteiger partial charge in [-0.1, -0.05) is 72.8 Å². The molecule has 0 unspecified atom stereocenters. The predicted octanol–water partition coefficient (Wildman–Crippen LogP) is 3.84. The number of aliphatic carboxylic acids is 1. The van der Waals surface area contributed by atoms with Gasteiger partial charge >= 0.3 is 5.97 Å². The summed E-state index contributed by atoms with van der Waals surface area (Å²) < 4.78 is 13.9. The zero-order chi connectivity index (χ0) is 19.2. The number of amides is 1. The quantitative estimate of drug-likeness (QED) is 0.699. The topological polar surface area (TPSA) is 66.4 Å². The Bertz CT molecular complexity index is 889. The third kappa shape index (κ3) is 4.20. The van der Waals surface area contributed by atoms with Crippen molar-refractivity contribution in [2.75, 3.05) is 0 Å². The Morgan fingerprint density at radius 2 is 1.26 bits per heavy atom. The third-order valence-corrected chi connectivity index (χ3v) is 4.32. The normalized spacial score (nSPS) is 11.8. The van der Waals surface area contributed by atoms with E-state index in [0.717, 1.165) is 17.2 Å². The van der Waals surface area contributed by atoms with Gasteiger partial charge < -0.3 is 10.4 Å². The number of nitrogens with one attached hydrogen (secondary N) is 1. The van der Waals surface area contributed by atoms with E-state index in [1.54, 1.807) is 0 Å². The highest BCUT2D eigenvalue weighted by Gasteiger charge is 2.32. The first kappa shape index (κ1) is 18.3.